The summed E-state index contributed by atoms with van der Waals surface area (Å²) in [4.78, 5) is 11.0. The van der Waals surface area contributed by atoms with Gasteiger partial charge < -0.3 is 10.2 Å². The van der Waals surface area contributed by atoms with E-state index in [9.17, 15) is 0 Å². The summed E-state index contributed by atoms with van der Waals surface area (Å²) in [6.45, 7) is 6.86. The number of pyridine rings is 1. The maximum absolute atomic E-state index is 4.57. The number of nitrogens with zero attached hydrogens (tertiary/aromatic N) is 3. The van der Waals surface area contributed by atoms with Crippen molar-refractivity contribution in [1.29, 1.82) is 0 Å². The van der Waals surface area contributed by atoms with Crippen molar-refractivity contribution in [2.45, 2.75) is 26.9 Å². The van der Waals surface area contributed by atoms with E-state index in [4.69, 9.17) is 0 Å². The molecule has 0 aliphatic heterocycles. The molecule has 2 aromatic rings. The molecule has 0 bridgehead atoms. The molecule has 0 aliphatic carbocycles. The van der Waals surface area contributed by atoms with Crippen LogP contribution in [0.15, 0.2) is 23.2 Å². The summed E-state index contributed by atoms with van der Waals surface area (Å²) in [5.41, 5.74) is 5.38. The lowest BCUT2D eigenvalue weighted by Crippen LogP contribution is -2.19. The largest absolute Gasteiger partial charge is 0.354 e. The van der Waals surface area contributed by atoms with Crippen molar-refractivity contribution in [3.05, 3.63) is 40.0 Å². The molecule has 2 aromatic heterocycles. The van der Waals surface area contributed by atoms with Gasteiger partial charge in [0, 0.05) is 25.2 Å². The fourth-order valence-electron chi connectivity index (χ4n) is 2.02. The second kappa shape index (κ2) is 6.63. The van der Waals surface area contributed by atoms with Crippen LogP contribution in [0, 0.1) is 6.92 Å². The zero-order valence-corrected chi connectivity index (χ0v) is 12.5. The van der Waals surface area contributed by atoms with Crippen molar-refractivity contribution in [2.75, 3.05) is 18.5 Å². The summed E-state index contributed by atoms with van der Waals surface area (Å²) in [5, 5.41) is 5.39. The molecule has 1 N–H and O–H groups in total. The number of anilines is 1. The average molecular weight is 276 g/mol. The third-order valence-electron chi connectivity index (χ3n) is 2.93. The van der Waals surface area contributed by atoms with Crippen molar-refractivity contribution in [3.63, 3.8) is 0 Å². The first-order valence-corrected chi connectivity index (χ1v) is 7.39. The number of hydrogen-bond donors (Lipinski definition) is 1. The molecule has 0 spiro atoms. The molecule has 0 saturated heterocycles. The standard InChI is InChI=1S/C14H20N4S/c1-4-15-6-12-5-11(2)14(16-7-12)18(3)8-13-9-19-10-17-13/h5,7,9-10,15H,4,6,8H2,1-3H3. The van der Waals surface area contributed by atoms with Gasteiger partial charge in [0.1, 0.15) is 5.82 Å². The van der Waals surface area contributed by atoms with Gasteiger partial charge in [-0.25, -0.2) is 9.97 Å². The lowest BCUT2D eigenvalue weighted by Gasteiger charge is -2.19. The van der Waals surface area contributed by atoms with Crippen LogP contribution in [0.25, 0.3) is 0 Å². The van der Waals surface area contributed by atoms with Crippen molar-refractivity contribution in [1.82, 2.24) is 15.3 Å². The molecule has 19 heavy (non-hydrogen) atoms. The molecule has 0 aromatic carbocycles. The van der Waals surface area contributed by atoms with Crippen molar-refractivity contribution in [3.8, 4) is 0 Å². The van der Waals surface area contributed by atoms with Gasteiger partial charge in [0.25, 0.3) is 0 Å². The highest BCUT2D eigenvalue weighted by atomic mass is 32.1. The first kappa shape index (κ1) is 14.0. The summed E-state index contributed by atoms with van der Waals surface area (Å²) < 4.78 is 0. The summed E-state index contributed by atoms with van der Waals surface area (Å²) in [6.07, 6.45) is 1.95. The lowest BCUT2D eigenvalue weighted by molar-refractivity contribution is 0.723. The van der Waals surface area contributed by atoms with Gasteiger partial charge in [-0.3, -0.25) is 0 Å². The Kier molecular flexibility index (Phi) is 4.87. The molecule has 4 nitrogen and oxygen atoms in total. The summed E-state index contributed by atoms with van der Waals surface area (Å²) in [7, 11) is 2.05. The smallest absolute Gasteiger partial charge is 0.131 e. The quantitative estimate of drug-likeness (QED) is 0.880. The molecule has 0 atom stereocenters. The molecule has 102 valence electrons. The fraction of sp³-hybridized carbons (Fsp3) is 0.429. The molecule has 0 amide bonds. The zero-order chi connectivity index (χ0) is 13.7. The molecule has 0 radical (unpaired) electrons. The van der Waals surface area contributed by atoms with Crippen LogP contribution < -0.4 is 10.2 Å². The molecule has 0 saturated carbocycles. The number of nitrogens with one attached hydrogen (secondary N) is 1. The minimum atomic E-state index is 0.796. The molecular formula is C14H20N4S. The molecule has 0 fully saturated rings. The summed E-state index contributed by atoms with van der Waals surface area (Å²) in [6, 6.07) is 2.20. The molecule has 0 unspecified atom stereocenters. The topological polar surface area (TPSA) is 41.1 Å². The van der Waals surface area contributed by atoms with E-state index in [-0.39, 0.29) is 0 Å². The van der Waals surface area contributed by atoms with Gasteiger partial charge in [0.05, 0.1) is 17.7 Å². The maximum Gasteiger partial charge on any atom is 0.131 e. The zero-order valence-electron chi connectivity index (χ0n) is 11.7. The van der Waals surface area contributed by atoms with E-state index in [2.05, 4.69) is 52.5 Å². The minimum Gasteiger partial charge on any atom is -0.354 e. The van der Waals surface area contributed by atoms with Crippen LogP contribution in [0.2, 0.25) is 0 Å². The number of thiazole rings is 1. The highest BCUT2D eigenvalue weighted by molar-refractivity contribution is 7.07. The van der Waals surface area contributed by atoms with Gasteiger partial charge in [0.2, 0.25) is 0 Å². The van der Waals surface area contributed by atoms with E-state index >= 15 is 0 Å². The van der Waals surface area contributed by atoms with Gasteiger partial charge in [0.15, 0.2) is 0 Å². The van der Waals surface area contributed by atoms with E-state index < -0.39 is 0 Å². The SMILES string of the molecule is CCNCc1cnc(N(C)Cc2cscn2)c(C)c1. The second-order valence-corrected chi connectivity index (χ2v) is 5.32. The van der Waals surface area contributed by atoms with E-state index in [1.807, 2.05) is 11.7 Å². The van der Waals surface area contributed by atoms with E-state index in [1.54, 1.807) is 11.3 Å². The monoisotopic (exact) mass is 276 g/mol. The predicted molar refractivity (Wildman–Crippen MR) is 80.6 cm³/mol. The van der Waals surface area contributed by atoms with Crippen LogP contribution in [-0.2, 0) is 13.1 Å². The molecule has 2 rings (SSSR count). The van der Waals surface area contributed by atoms with Crippen LogP contribution >= 0.6 is 11.3 Å². The van der Waals surface area contributed by atoms with E-state index in [0.717, 1.165) is 31.1 Å². The first-order valence-electron chi connectivity index (χ1n) is 6.45. The van der Waals surface area contributed by atoms with Gasteiger partial charge >= 0.3 is 0 Å². The van der Waals surface area contributed by atoms with Crippen LogP contribution in [0.1, 0.15) is 23.7 Å². The van der Waals surface area contributed by atoms with Crippen LogP contribution in [0.4, 0.5) is 5.82 Å². The van der Waals surface area contributed by atoms with Crippen LogP contribution in [-0.4, -0.2) is 23.6 Å². The minimum absolute atomic E-state index is 0.796. The Labute approximate surface area is 118 Å². The Morgan fingerprint density at radius 1 is 1.37 bits per heavy atom. The number of hydrogen-bond acceptors (Lipinski definition) is 5. The second-order valence-electron chi connectivity index (χ2n) is 4.60. The Hall–Kier alpha value is -1.46. The normalized spacial score (nSPS) is 10.7. The highest BCUT2D eigenvalue weighted by Gasteiger charge is 2.08. The Morgan fingerprint density at radius 2 is 2.21 bits per heavy atom. The number of aryl methyl sites for hydroxylation is 1. The number of rotatable bonds is 6. The summed E-state index contributed by atoms with van der Waals surface area (Å²) in [5.74, 6) is 1.02. The van der Waals surface area contributed by atoms with Gasteiger partial charge in [-0.15, -0.1) is 11.3 Å². The molecular weight excluding hydrogens is 256 g/mol. The van der Waals surface area contributed by atoms with Gasteiger partial charge in [-0.2, -0.15) is 0 Å². The Bertz CT molecular complexity index is 510. The summed E-state index contributed by atoms with van der Waals surface area (Å²) >= 11 is 1.63. The molecule has 5 heteroatoms. The third kappa shape index (κ3) is 3.75. The lowest BCUT2D eigenvalue weighted by atomic mass is 10.2. The Morgan fingerprint density at radius 3 is 2.84 bits per heavy atom. The predicted octanol–water partition coefficient (Wildman–Crippen LogP) is 2.59. The van der Waals surface area contributed by atoms with Crippen LogP contribution in [0.5, 0.6) is 0 Å². The third-order valence-corrected chi connectivity index (χ3v) is 3.57. The Balaban J connectivity index is 2.07. The fourth-order valence-corrected chi connectivity index (χ4v) is 2.57. The van der Waals surface area contributed by atoms with Crippen molar-refractivity contribution in [2.24, 2.45) is 0 Å². The maximum atomic E-state index is 4.57. The molecule has 0 aliphatic rings. The van der Waals surface area contributed by atoms with Crippen molar-refractivity contribution < 1.29 is 0 Å². The highest BCUT2D eigenvalue weighted by Crippen LogP contribution is 2.18. The van der Waals surface area contributed by atoms with Crippen LogP contribution in [0.3, 0.4) is 0 Å². The van der Waals surface area contributed by atoms with E-state index in [0.29, 0.717) is 0 Å². The van der Waals surface area contributed by atoms with Gasteiger partial charge in [-0.1, -0.05) is 6.92 Å². The molecule has 2 heterocycles. The van der Waals surface area contributed by atoms with Crippen molar-refractivity contribution >= 4 is 17.2 Å². The number of aromatic nitrogens is 2. The average Bonchev–Trinajstić information content (AvgIpc) is 2.89. The van der Waals surface area contributed by atoms with E-state index in [1.165, 1.54) is 11.1 Å². The first-order chi connectivity index (χ1) is 9.20. The van der Waals surface area contributed by atoms with Gasteiger partial charge in [-0.05, 0) is 30.7 Å².